The monoisotopic (exact) mass is 1440 g/mol. The molecule has 0 aromatic heterocycles. The number of ether oxygens (including phenoxy) is 4. The van der Waals surface area contributed by atoms with E-state index in [2.05, 4.69) is 48.5 Å². The lowest BCUT2D eigenvalue weighted by molar-refractivity contribution is -0.161. The van der Waals surface area contributed by atoms with Gasteiger partial charge in [0.05, 0.1) is 26.4 Å². The van der Waals surface area contributed by atoms with Gasteiger partial charge in [0.2, 0.25) is 0 Å². The average Bonchev–Trinajstić information content (AvgIpc) is 1.14. The van der Waals surface area contributed by atoms with Crippen LogP contribution in [0.4, 0.5) is 0 Å². The Bertz CT molecular complexity index is 1910. The van der Waals surface area contributed by atoms with Crippen LogP contribution in [0, 0.1) is 17.8 Å². The topological polar surface area (TPSA) is 237 Å². The molecule has 582 valence electrons. The van der Waals surface area contributed by atoms with Gasteiger partial charge in [-0.25, -0.2) is 9.13 Å². The Morgan fingerprint density at radius 1 is 0.296 bits per heavy atom. The summed E-state index contributed by atoms with van der Waals surface area (Å²) < 4.78 is 68.6. The fourth-order valence-electron chi connectivity index (χ4n) is 12.1. The summed E-state index contributed by atoms with van der Waals surface area (Å²) in [4.78, 5) is 72.9. The van der Waals surface area contributed by atoms with Crippen LogP contribution >= 0.6 is 15.6 Å². The maximum Gasteiger partial charge on any atom is 0.472 e. The summed E-state index contributed by atoms with van der Waals surface area (Å²) in [5.41, 5.74) is 0. The summed E-state index contributed by atoms with van der Waals surface area (Å²) in [5.74, 6) is 0.178. The molecule has 0 aliphatic heterocycles. The Hall–Kier alpha value is -1.94. The summed E-state index contributed by atoms with van der Waals surface area (Å²) in [7, 11) is -9.92. The Balaban J connectivity index is 5.24. The Labute approximate surface area is 600 Å². The van der Waals surface area contributed by atoms with Gasteiger partial charge >= 0.3 is 39.5 Å². The minimum absolute atomic E-state index is 0.105. The van der Waals surface area contributed by atoms with Crippen LogP contribution in [0.5, 0.6) is 0 Å². The number of phosphoric acid groups is 2. The highest BCUT2D eigenvalue weighted by Gasteiger charge is 2.30. The van der Waals surface area contributed by atoms with Gasteiger partial charge in [-0.1, -0.05) is 357 Å². The third-order valence-corrected chi connectivity index (χ3v) is 20.6. The van der Waals surface area contributed by atoms with Crippen molar-refractivity contribution in [2.45, 2.75) is 426 Å². The molecule has 0 rings (SSSR count). The highest BCUT2D eigenvalue weighted by Crippen LogP contribution is 2.45. The van der Waals surface area contributed by atoms with Gasteiger partial charge in [-0.05, 0) is 43.4 Å². The molecule has 0 saturated heterocycles. The van der Waals surface area contributed by atoms with E-state index in [0.717, 1.165) is 114 Å². The Kier molecular flexibility index (Phi) is 68.1. The molecule has 0 aliphatic rings. The molecular weight excluding hydrogens is 1280 g/mol. The summed E-state index contributed by atoms with van der Waals surface area (Å²) in [6, 6.07) is 0. The molecule has 0 heterocycles. The predicted octanol–water partition coefficient (Wildman–Crippen LogP) is 23.4. The fraction of sp³-hybridized carbons (Fsp3) is 0.949. The van der Waals surface area contributed by atoms with Crippen molar-refractivity contribution < 1.29 is 80.2 Å². The van der Waals surface area contributed by atoms with Crippen LogP contribution < -0.4 is 0 Å². The number of unbranched alkanes of at least 4 members (excludes halogenated alkanes) is 44. The summed E-state index contributed by atoms with van der Waals surface area (Å²) in [6.07, 6.45) is 56.9. The minimum atomic E-state index is -4.96. The molecule has 98 heavy (non-hydrogen) atoms. The third-order valence-electron chi connectivity index (χ3n) is 18.7. The van der Waals surface area contributed by atoms with Gasteiger partial charge in [0.15, 0.2) is 12.2 Å². The molecule has 6 atom stereocenters. The first-order chi connectivity index (χ1) is 47.3. The molecule has 0 saturated carbocycles. The zero-order valence-corrected chi connectivity index (χ0v) is 66.0. The van der Waals surface area contributed by atoms with Crippen LogP contribution in [0.25, 0.3) is 0 Å². The highest BCUT2D eigenvalue weighted by molar-refractivity contribution is 7.47. The molecule has 19 heteroatoms. The number of hydrogen-bond donors (Lipinski definition) is 3. The minimum Gasteiger partial charge on any atom is -0.462 e. The zero-order chi connectivity index (χ0) is 72.3. The number of carbonyl (C=O) groups excluding carboxylic acids is 4. The molecule has 3 unspecified atom stereocenters. The SMILES string of the molecule is CCCCCCCCCCCCCCCCCCC(=O)OC[C@H](COP(=O)(O)OC[C@@H](O)COP(=O)(O)OC[C@@H](COC(=O)CCCCCCCCC(C)CC)OC(=O)CCCCCCCCCCCCC(C)C)OC(=O)CCCCCCCCCCCCCCCCCCC(C)C. The fourth-order valence-corrected chi connectivity index (χ4v) is 13.7. The molecule has 0 bridgehead atoms. The molecule has 0 amide bonds. The first-order valence-electron chi connectivity index (χ1n) is 40.9. The Morgan fingerprint density at radius 2 is 0.520 bits per heavy atom. The molecule has 0 spiro atoms. The van der Waals surface area contributed by atoms with Crippen molar-refractivity contribution in [1.82, 2.24) is 0 Å². The van der Waals surface area contributed by atoms with E-state index in [9.17, 15) is 43.2 Å². The zero-order valence-electron chi connectivity index (χ0n) is 64.3. The van der Waals surface area contributed by atoms with Crippen molar-refractivity contribution in [3.63, 3.8) is 0 Å². The normalized spacial score (nSPS) is 14.3. The largest absolute Gasteiger partial charge is 0.472 e. The second-order valence-corrected chi connectivity index (χ2v) is 32.6. The van der Waals surface area contributed by atoms with E-state index in [1.54, 1.807) is 0 Å². The quantitative estimate of drug-likeness (QED) is 0.0222. The van der Waals surface area contributed by atoms with E-state index in [-0.39, 0.29) is 25.7 Å². The van der Waals surface area contributed by atoms with Gasteiger partial charge in [0, 0.05) is 25.7 Å². The van der Waals surface area contributed by atoms with Gasteiger partial charge < -0.3 is 33.8 Å². The second-order valence-electron chi connectivity index (χ2n) is 29.6. The first kappa shape index (κ1) is 96.1. The van der Waals surface area contributed by atoms with Crippen LogP contribution in [-0.4, -0.2) is 96.7 Å². The number of phosphoric ester groups is 2. The molecule has 0 radical (unpaired) electrons. The molecule has 17 nitrogen and oxygen atoms in total. The maximum absolute atomic E-state index is 13.1. The first-order valence-corrected chi connectivity index (χ1v) is 43.9. The summed E-state index contributed by atoms with van der Waals surface area (Å²) >= 11 is 0. The van der Waals surface area contributed by atoms with Crippen molar-refractivity contribution in [2.75, 3.05) is 39.6 Å². The molecule has 0 aliphatic carbocycles. The standard InChI is InChI=1S/C79H154O17P2/c1-8-10-11-12-13-14-15-16-17-21-24-27-33-38-46-53-60-76(81)89-66-74(95-78(83)62-55-48-39-34-28-25-22-19-18-20-23-26-31-36-43-50-57-70(3)4)68-93-97(85,86)91-64-73(80)65-92-98(87,88)94-69-75(67-90-77(82)61-54-47-42-41-45-52-59-72(7)9-2)96-79(84)63-56-49-40-35-30-29-32-37-44-51-58-71(5)6/h70-75,80H,8-69H2,1-7H3,(H,85,86)(H,87,88)/t72?,73-,74-,75-/m1/s1. The highest BCUT2D eigenvalue weighted by atomic mass is 31.2. The lowest BCUT2D eigenvalue weighted by Gasteiger charge is -2.21. The van der Waals surface area contributed by atoms with Crippen LogP contribution in [0.15, 0.2) is 0 Å². The number of carbonyl (C=O) groups is 4. The van der Waals surface area contributed by atoms with Gasteiger partial charge in [-0.15, -0.1) is 0 Å². The second kappa shape index (κ2) is 69.4. The number of aliphatic hydroxyl groups is 1. The maximum atomic E-state index is 13.1. The van der Waals surface area contributed by atoms with Gasteiger partial charge in [0.25, 0.3) is 0 Å². The van der Waals surface area contributed by atoms with Crippen LogP contribution in [-0.2, 0) is 65.4 Å². The molecular formula is C79H154O17P2. The van der Waals surface area contributed by atoms with Crippen LogP contribution in [0.3, 0.4) is 0 Å². The van der Waals surface area contributed by atoms with Crippen molar-refractivity contribution in [3.8, 4) is 0 Å². The Morgan fingerprint density at radius 3 is 0.776 bits per heavy atom. The summed E-state index contributed by atoms with van der Waals surface area (Å²) in [5, 5.41) is 10.6. The van der Waals surface area contributed by atoms with Crippen LogP contribution in [0.1, 0.15) is 408 Å². The van der Waals surface area contributed by atoms with E-state index < -0.39 is 97.5 Å². The van der Waals surface area contributed by atoms with E-state index in [1.807, 2.05) is 0 Å². The van der Waals surface area contributed by atoms with E-state index in [1.165, 1.54) is 212 Å². The predicted molar refractivity (Wildman–Crippen MR) is 400 cm³/mol. The molecule has 0 aromatic rings. The average molecular weight is 1440 g/mol. The van der Waals surface area contributed by atoms with Gasteiger partial charge in [0.1, 0.15) is 19.3 Å². The van der Waals surface area contributed by atoms with Crippen molar-refractivity contribution >= 4 is 39.5 Å². The smallest absolute Gasteiger partial charge is 0.462 e. The molecule has 0 fully saturated rings. The summed E-state index contributed by atoms with van der Waals surface area (Å²) in [6.45, 7) is 11.9. The molecule has 0 aromatic carbocycles. The number of rotatable bonds is 77. The van der Waals surface area contributed by atoms with Crippen molar-refractivity contribution in [1.29, 1.82) is 0 Å². The number of hydrogen-bond acceptors (Lipinski definition) is 15. The lowest BCUT2D eigenvalue weighted by atomic mass is 10.00. The van der Waals surface area contributed by atoms with Crippen LogP contribution in [0.2, 0.25) is 0 Å². The van der Waals surface area contributed by atoms with E-state index in [0.29, 0.717) is 25.7 Å². The van der Waals surface area contributed by atoms with Gasteiger partial charge in [-0.2, -0.15) is 0 Å². The van der Waals surface area contributed by atoms with Gasteiger partial charge in [-0.3, -0.25) is 37.3 Å². The third kappa shape index (κ3) is 71.1. The van der Waals surface area contributed by atoms with E-state index >= 15 is 0 Å². The van der Waals surface area contributed by atoms with Crippen molar-refractivity contribution in [3.05, 3.63) is 0 Å². The van der Waals surface area contributed by atoms with Crippen molar-refractivity contribution in [2.24, 2.45) is 17.8 Å². The number of aliphatic hydroxyl groups excluding tert-OH is 1. The van der Waals surface area contributed by atoms with E-state index in [4.69, 9.17) is 37.0 Å². The lowest BCUT2D eigenvalue weighted by Crippen LogP contribution is -2.30. The molecule has 3 N–H and O–H groups in total. The number of esters is 4.